The summed E-state index contributed by atoms with van der Waals surface area (Å²) >= 11 is 0. The van der Waals surface area contributed by atoms with Gasteiger partial charge in [-0.05, 0) is 49.6 Å². The van der Waals surface area contributed by atoms with Crippen LogP contribution in [0.3, 0.4) is 0 Å². The van der Waals surface area contributed by atoms with Crippen molar-refractivity contribution >= 4 is 21.6 Å². The molecule has 2 saturated heterocycles. The topological polar surface area (TPSA) is 89.0 Å². The minimum Gasteiger partial charge on any atom is -0.495 e. The highest BCUT2D eigenvalue weighted by molar-refractivity contribution is 7.89. The van der Waals surface area contributed by atoms with Crippen LogP contribution in [-0.2, 0) is 14.8 Å². The number of pyridine rings is 1. The number of halogens is 3. The van der Waals surface area contributed by atoms with Crippen LogP contribution in [0.15, 0.2) is 47.6 Å². The van der Waals surface area contributed by atoms with Gasteiger partial charge in [0.05, 0.1) is 18.7 Å². The first-order valence-electron chi connectivity index (χ1n) is 10.2. The Morgan fingerprint density at radius 3 is 2.27 bits per heavy atom. The molecule has 3 heterocycles. The van der Waals surface area contributed by atoms with Gasteiger partial charge in [-0.3, -0.25) is 9.78 Å². The SMILES string of the molecule is COc1ccncc1S(=O)(=O)N1CCC2(CCN(c3ccc(OC(F)(F)F)cc3)C2=O)CC1. The van der Waals surface area contributed by atoms with Crippen molar-refractivity contribution in [2.24, 2.45) is 5.41 Å². The fourth-order valence-corrected chi connectivity index (χ4v) is 5.92. The van der Waals surface area contributed by atoms with Gasteiger partial charge in [-0.15, -0.1) is 13.2 Å². The fourth-order valence-electron chi connectivity index (χ4n) is 4.38. The molecule has 0 aliphatic carbocycles. The number of carbonyl (C=O) groups excluding carboxylic acids is 1. The number of alkyl halides is 3. The molecule has 178 valence electrons. The maximum Gasteiger partial charge on any atom is 0.573 e. The number of carbonyl (C=O) groups is 1. The Hall–Kier alpha value is -2.86. The fraction of sp³-hybridized carbons (Fsp3) is 0.429. The summed E-state index contributed by atoms with van der Waals surface area (Å²) in [6.45, 7) is 0.734. The van der Waals surface area contributed by atoms with E-state index in [4.69, 9.17) is 4.74 Å². The summed E-state index contributed by atoms with van der Waals surface area (Å²) in [4.78, 5) is 18.6. The van der Waals surface area contributed by atoms with Gasteiger partial charge < -0.3 is 14.4 Å². The summed E-state index contributed by atoms with van der Waals surface area (Å²) in [5.74, 6) is -0.314. The van der Waals surface area contributed by atoms with Gasteiger partial charge in [-0.1, -0.05) is 0 Å². The Labute approximate surface area is 189 Å². The van der Waals surface area contributed by atoms with E-state index in [1.165, 1.54) is 46.9 Å². The molecule has 2 aliphatic rings. The zero-order valence-corrected chi connectivity index (χ0v) is 18.5. The Balaban J connectivity index is 1.45. The number of rotatable bonds is 5. The normalized spacial score (nSPS) is 19.2. The van der Waals surface area contributed by atoms with Crippen molar-refractivity contribution < 1.29 is 35.9 Å². The van der Waals surface area contributed by atoms with Crippen LogP contribution < -0.4 is 14.4 Å². The molecular weight excluding hydrogens is 463 g/mol. The van der Waals surface area contributed by atoms with Crippen molar-refractivity contribution in [2.75, 3.05) is 31.6 Å². The van der Waals surface area contributed by atoms with Crippen molar-refractivity contribution in [1.82, 2.24) is 9.29 Å². The molecule has 1 aromatic heterocycles. The Morgan fingerprint density at radius 1 is 1.03 bits per heavy atom. The highest BCUT2D eigenvalue weighted by atomic mass is 32.2. The number of sulfonamides is 1. The number of hydrogen-bond donors (Lipinski definition) is 0. The Morgan fingerprint density at radius 2 is 1.67 bits per heavy atom. The van der Waals surface area contributed by atoms with Crippen LogP contribution >= 0.6 is 0 Å². The summed E-state index contributed by atoms with van der Waals surface area (Å²) in [7, 11) is -2.46. The lowest BCUT2D eigenvalue weighted by Crippen LogP contribution is -2.46. The zero-order chi connectivity index (χ0) is 23.9. The van der Waals surface area contributed by atoms with Gasteiger partial charge in [0.15, 0.2) is 0 Å². The van der Waals surface area contributed by atoms with Crippen LogP contribution in [0.2, 0.25) is 0 Å². The van der Waals surface area contributed by atoms with Crippen molar-refractivity contribution in [3.05, 3.63) is 42.7 Å². The summed E-state index contributed by atoms with van der Waals surface area (Å²) in [5.41, 5.74) is -0.229. The number of hydrogen-bond acceptors (Lipinski definition) is 6. The molecule has 4 rings (SSSR count). The van der Waals surface area contributed by atoms with Crippen LogP contribution in [-0.4, -0.2) is 56.7 Å². The van der Waals surface area contributed by atoms with E-state index < -0.39 is 21.8 Å². The molecule has 0 N–H and O–H groups in total. The Bertz CT molecular complexity index is 1130. The van der Waals surface area contributed by atoms with E-state index in [2.05, 4.69) is 9.72 Å². The first-order chi connectivity index (χ1) is 15.6. The second kappa shape index (κ2) is 8.49. The minimum absolute atomic E-state index is 0.0241. The summed E-state index contributed by atoms with van der Waals surface area (Å²) in [5, 5.41) is 0. The van der Waals surface area contributed by atoms with Gasteiger partial charge in [0.1, 0.15) is 16.4 Å². The molecule has 0 atom stereocenters. The van der Waals surface area contributed by atoms with E-state index in [0.29, 0.717) is 31.5 Å². The predicted molar refractivity (Wildman–Crippen MR) is 111 cm³/mol. The molecule has 1 aromatic carbocycles. The second-order valence-corrected chi connectivity index (χ2v) is 9.87. The van der Waals surface area contributed by atoms with E-state index in [1.54, 1.807) is 0 Å². The highest BCUT2D eigenvalue weighted by Gasteiger charge is 2.50. The Kier molecular flexibility index (Phi) is 5.99. The van der Waals surface area contributed by atoms with Gasteiger partial charge in [0.25, 0.3) is 0 Å². The van der Waals surface area contributed by atoms with Crippen molar-refractivity contribution in [3.8, 4) is 11.5 Å². The van der Waals surface area contributed by atoms with Crippen LogP contribution in [0.25, 0.3) is 0 Å². The first kappa shape index (κ1) is 23.3. The standard InChI is InChI=1S/C21H22F3N3O5S/c1-31-17-6-10-25-14-18(17)33(29,30)26-11-7-20(8-12-26)9-13-27(19(20)28)15-2-4-16(5-3-15)32-21(22,23)24/h2-6,10,14H,7-9,11-13H2,1H3. The third kappa shape index (κ3) is 4.49. The molecule has 1 spiro atoms. The van der Waals surface area contributed by atoms with Gasteiger partial charge in [-0.2, -0.15) is 4.31 Å². The molecule has 12 heteroatoms. The third-order valence-electron chi connectivity index (χ3n) is 6.16. The molecule has 2 aliphatic heterocycles. The molecule has 0 unspecified atom stereocenters. The summed E-state index contributed by atoms with van der Waals surface area (Å²) < 4.78 is 73.6. The van der Waals surface area contributed by atoms with Crippen molar-refractivity contribution in [1.29, 1.82) is 0 Å². The van der Waals surface area contributed by atoms with E-state index >= 15 is 0 Å². The average molecular weight is 485 g/mol. The molecule has 33 heavy (non-hydrogen) atoms. The largest absolute Gasteiger partial charge is 0.573 e. The molecule has 0 radical (unpaired) electrons. The first-order valence-corrected chi connectivity index (χ1v) is 11.7. The summed E-state index contributed by atoms with van der Waals surface area (Å²) in [6.07, 6.45) is -0.873. The third-order valence-corrected chi connectivity index (χ3v) is 8.07. The molecule has 2 fully saturated rings. The number of benzene rings is 1. The second-order valence-electron chi connectivity index (χ2n) is 7.96. The van der Waals surface area contributed by atoms with Crippen molar-refractivity contribution in [2.45, 2.75) is 30.5 Å². The van der Waals surface area contributed by atoms with E-state index in [0.717, 1.165) is 12.1 Å². The van der Waals surface area contributed by atoms with E-state index in [9.17, 15) is 26.4 Å². The van der Waals surface area contributed by atoms with Crippen LogP contribution in [0.4, 0.5) is 18.9 Å². The predicted octanol–water partition coefficient (Wildman–Crippen LogP) is 3.20. The number of nitrogens with zero attached hydrogens (tertiary/aromatic N) is 3. The molecule has 0 bridgehead atoms. The monoisotopic (exact) mass is 485 g/mol. The van der Waals surface area contributed by atoms with Gasteiger partial charge in [0, 0.05) is 31.5 Å². The zero-order valence-electron chi connectivity index (χ0n) is 17.7. The lowest BCUT2D eigenvalue weighted by molar-refractivity contribution is -0.274. The number of ether oxygens (including phenoxy) is 2. The van der Waals surface area contributed by atoms with E-state index in [-0.39, 0.29) is 35.4 Å². The lowest BCUT2D eigenvalue weighted by Gasteiger charge is -2.37. The average Bonchev–Trinajstić information content (AvgIpc) is 3.09. The smallest absolute Gasteiger partial charge is 0.495 e. The molecule has 8 nitrogen and oxygen atoms in total. The van der Waals surface area contributed by atoms with Crippen LogP contribution in [0.5, 0.6) is 11.5 Å². The number of anilines is 1. The number of piperidine rings is 1. The quantitative estimate of drug-likeness (QED) is 0.646. The van der Waals surface area contributed by atoms with Crippen molar-refractivity contribution in [3.63, 3.8) is 0 Å². The van der Waals surface area contributed by atoms with Crippen LogP contribution in [0.1, 0.15) is 19.3 Å². The van der Waals surface area contributed by atoms with Gasteiger partial charge in [0.2, 0.25) is 15.9 Å². The lowest BCUT2D eigenvalue weighted by atomic mass is 9.77. The number of amides is 1. The minimum atomic E-state index is -4.79. The van der Waals surface area contributed by atoms with Gasteiger partial charge >= 0.3 is 6.36 Å². The summed E-state index contributed by atoms with van der Waals surface area (Å²) in [6, 6.07) is 6.62. The molecule has 1 amide bonds. The highest BCUT2D eigenvalue weighted by Crippen LogP contribution is 2.44. The number of methoxy groups -OCH3 is 1. The van der Waals surface area contributed by atoms with Gasteiger partial charge in [-0.25, -0.2) is 8.42 Å². The molecule has 0 saturated carbocycles. The molecular formula is C21H22F3N3O5S. The van der Waals surface area contributed by atoms with Crippen LogP contribution in [0, 0.1) is 5.41 Å². The molecule has 2 aromatic rings. The van der Waals surface area contributed by atoms with E-state index in [1.807, 2.05) is 0 Å². The maximum atomic E-state index is 13.2. The maximum absolute atomic E-state index is 13.2. The number of aromatic nitrogens is 1.